The van der Waals surface area contributed by atoms with Crippen LogP contribution in [0.15, 0.2) is 54.6 Å². The number of ether oxygens (including phenoxy) is 1. The molecule has 1 N–H and O–H groups in total. The molecule has 1 unspecified atom stereocenters. The van der Waals surface area contributed by atoms with Crippen molar-refractivity contribution in [2.24, 2.45) is 0 Å². The van der Waals surface area contributed by atoms with E-state index in [1.54, 1.807) is 0 Å². The molecular formula is C16H15FN4O2. The quantitative estimate of drug-likeness (QED) is 0.752. The van der Waals surface area contributed by atoms with Crippen LogP contribution in [0.4, 0.5) is 4.39 Å². The molecule has 0 bridgehead atoms. The standard InChI is InChI=1S/C16H15FN4O2/c17-13-6-8-15(9-7-13)23-11-14(22)10-21-19-16(18-20-21)12-4-2-1-3-5-12/h1-9,14,22H,10-11H2. The van der Waals surface area contributed by atoms with Crippen LogP contribution in [0.5, 0.6) is 5.75 Å². The van der Waals surface area contributed by atoms with Gasteiger partial charge in [-0.05, 0) is 29.5 Å². The second kappa shape index (κ2) is 6.97. The Balaban J connectivity index is 1.55. The van der Waals surface area contributed by atoms with Crippen LogP contribution in [0.1, 0.15) is 0 Å². The molecule has 6 nitrogen and oxygen atoms in total. The molecule has 7 heteroatoms. The van der Waals surface area contributed by atoms with E-state index in [0.717, 1.165) is 5.56 Å². The van der Waals surface area contributed by atoms with Crippen LogP contribution in [-0.4, -0.2) is 38.0 Å². The predicted molar refractivity (Wildman–Crippen MR) is 81.2 cm³/mol. The van der Waals surface area contributed by atoms with Gasteiger partial charge in [0, 0.05) is 5.56 Å². The number of nitrogens with zero attached hydrogens (tertiary/aromatic N) is 4. The topological polar surface area (TPSA) is 73.1 Å². The Hall–Kier alpha value is -2.80. The number of rotatable bonds is 6. The van der Waals surface area contributed by atoms with Crippen LogP contribution in [0.2, 0.25) is 0 Å². The highest BCUT2D eigenvalue weighted by Gasteiger charge is 2.11. The van der Waals surface area contributed by atoms with E-state index in [0.29, 0.717) is 11.6 Å². The molecule has 118 valence electrons. The van der Waals surface area contributed by atoms with Crippen molar-refractivity contribution >= 4 is 0 Å². The van der Waals surface area contributed by atoms with Gasteiger partial charge < -0.3 is 9.84 Å². The summed E-state index contributed by atoms with van der Waals surface area (Å²) in [6.45, 7) is 0.203. The Bertz CT molecular complexity index is 746. The number of halogens is 1. The van der Waals surface area contributed by atoms with E-state index in [1.165, 1.54) is 29.1 Å². The second-order valence-corrected chi connectivity index (χ2v) is 4.95. The Labute approximate surface area is 132 Å². The van der Waals surface area contributed by atoms with Crippen LogP contribution in [0, 0.1) is 5.82 Å². The van der Waals surface area contributed by atoms with Gasteiger partial charge in [0.15, 0.2) is 0 Å². The van der Waals surface area contributed by atoms with Crippen molar-refractivity contribution in [3.63, 3.8) is 0 Å². The van der Waals surface area contributed by atoms with Crippen molar-refractivity contribution in [2.45, 2.75) is 12.6 Å². The molecule has 1 heterocycles. The summed E-state index contributed by atoms with van der Waals surface area (Å²) < 4.78 is 18.2. The average molecular weight is 314 g/mol. The summed E-state index contributed by atoms with van der Waals surface area (Å²) in [7, 11) is 0. The highest BCUT2D eigenvalue weighted by atomic mass is 19.1. The van der Waals surface area contributed by atoms with Crippen molar-refractivity contribution in [1.29, 1.82) is 0 Å². The van der Waals surface area contributed by atoms with Crippen molar-refractivity contribution in [1.82, 2.24) is 20.2 Å². The van der Waals surface area contributed by atoms with E-state index < -0.39 is 6.10 Å². The maximum Gasteiger partial charge on any atom is 0.204 e. The van der Waals surface area contributed by atoms with Crippen LogP contribution in [0.25, 0.3) is 11.4 Å². The minimum atomic E-state index is -0.808. The first-order chi connectivity index (χ1) is 11.2. The van der Waals surface area contributed by atoms with Gasteiger partial charge in [0.05, 0.1) is 6.54 Å². The number of benzene rings is 2. The van der Waals surface area contributed by atoms with E-state index >= 15 is 0 Å². The number of aromatic nitrogens is 4. The zero-order valence-corrected chi connectivity index (χ0v) is 12.2. The predicted octanol–water partition coefficient (Wildman–Crippen LogP) is 1.92. The molecule has 0 saturated heterocycles. The molecule has 0 amide bonds. The van der Waals surface area contributed by atoms with Crippen molar-refractivity contribution in [3.8, 4) is 17.1 Å². The van der Waals surface area contributed by atoms with Crippen molar-refractivity contribution in [2.75, 3.05) is 6.61 Å². The zero-order valence-electron chi connectivity index (χ0n) is 12.2. The van der Waals surface area contributed by atoms with E-state index in [9.17, 15) is 9.50 Å². The van der Waals surface area contributed by atoms with Gasteiger partial charge in [0.2, 0.25) is 5.82 Å². The van der Waals surface area contributed by atoms with Gasteiger partial charge in [-0.3, -0.25) is 0 Å². The number of aliphatic hydroxyl groups is 1. The third kappa shape index (κ3) is 4.10. The number of aliphatic hydroxyl groups excluding tert-OH is 1. The lowest BCUT2D eigenvalue weighted by atomic mass is 10.2. The molecule has 0 saturated carbocycles. The Morgan fingerprint density at radius 3 is 2.57 bits per heavy atom. The van der Waals surface area contributed by atoms with Gasteiger partial charge in [-0.25, -0.2) is 4.39 Å². The van der Waals surface area contributed by atoms with E-state index in [4.69, 9.17) is 4.74 Å². The fourth-order valence-corrected chi connectivity index (χ4v) is 1.99. The van der Waals surface area contributed by atoms with E-state index in [2.05, 4.69) is 15.4 Å². The third-order valence-corrected chi connectivity index (χ3v) is 3.11. The van der Waals surface area contributed by atoms with Crippen LogP contribution in [0.3, 0.4) is 0 Å². The number of hydrogen-bond donors (Lipinski definition) is 1. The smallest absolute Gasteiger partial charge is 0.204 e. The number of tetrazole rings is 1. The van der Waals surface area contributed by atoms with Gasteiger partial charge in [0.1, 0.15) is 24.3 Å². The summed E-state index contributed by atoms with van der Waals surface area (Å²) >= 11 is 0. The van der Waals surface area contributed by atoms with E-state index in [1.807, 2.05) is 30.3 Å². The Morgan fingerprint density at radius 2 is 1.83 bits per heavy atom. The largest absolute Gasteiger partial charge is 0.491 e. The Kier molecular flexibility index (Phi) is 4.58. The van der Waals surface area contributed by atoms with Gasteiger partial charge in [-0.2, -0.15) is 4.80 Å². The summed E-state index contributed by atoms with van der Waals surface area (Å²) in [6.07, 6.45) is -0.808. The highest BCUT2D eigenvalue weighted by molar-refractivity contribution is 5.52. The summed E-state index contributed by atoms with van der Waals surface area (Å²) in [5.41, 5.74) is 0.857. The highest BCUT2D eigenvalue weighted by Crippen LogP contribution is 2.13. The van der Waals surface area contributed by atoms with Crippen LogP contribution in [-0.2, 0) is 6.54 Å². The molecule has 0 spiro atoms. The maximum absolute atomic E-state index is 12.8. The SMILES string of the molecule is OC(COc1ccc(F)cc1)Cn1nnc(-c2ccccc2)n1. The first-order valence-electron chi connectivity index (χ1n) is 7.10. The van der Waals surface area contributed by atoms with Gasteiger partial charge in [0.25, 0.3) is 0 Å². The first-order valence-corrected chi connectivity index (χ1v) is 7.10. The van der Waals surface area contributed by atoms with Crippen LogP contribution < -0.4 is 4.74 Å². The Morgan fingerprint density at radius 1 is 1.09 bits per heavy atom. The number of hydrogen-bond acceptors (Lipinski definition) is 5. The molecule has 1 atom stereocenters. The first kappa shape index (κ1) is 15.1. The van der Waals surface area contributed by atoms with Crippen LogP contribution >= 0.6 is 0 Å². The minimum Gasteiger partial charge on any atom is -0.491 e. The molecule has 23 heavy (non-hydrogen) atoms. The fraction of sp³-hybridized carbons (Fsp3) is 0.188. The molecule has 0 aliphatic rings. The fourth-order valence-electron chi connectivity index (χ4n) is 1.99. The van der Waals surface area contributed by atoms with Crippen molar-refractivity contribution < 1.29 is 14.2 Å². The summed E-state index contributed by atoms with van der Waals surface area (Å²) in [5, 5.41) is 22.1. The maximum atomic E-state index is 12.8. The molecule has 0 aliphatic heterocycles. The van der Waals surface area contributed by atoms with Crippen molar-refractivity contribution in [3.05, 3.63) is 60.4 Å². The van der Waals surface area contributed by atoms with E-state index in [-0.39, 0.29) is 19.0 Å². The molecular weight excluding hydrogens is 299 g/mol. The average Bonchev–Trinajstić information content (AvgIpc) is 3.04. The molecule has 0 radical (unpaired) electrons. The molecule has 3 rings (SSSR count). The van der Waals surface area contributed by atoms with Gasteiger partial charge >= 0.3 is 0 Å². The van der Waals surface area contributed by atoms with Gasteiger partial charge in [-0.1, -0.05) is 30.3 Å². The minimum absolute atomic E-state index is 0.0494. The summed E-state index contributed by atoms with van der Waals surface area (Å²) in [6, 6.07) is 15.1. The second-order valence-electron chi connectivity index (χ2n) is 4.95. The molecule has 0 aliphatic carbocycles. The normalized spacial score (nSPS) is 12.1. The molecule has 3 aromatic rings. The third-order valence-electron chi connectivity index (χ3n) is 3.11. The molecule has 2 aromatic carbocycles. The zero-order chi connectivity index (χ0) is 16.1. The summed E-state index contributed by atoms with van der Waals surface area (Å²) in [4.78, 5) is 1.32. The lowest BCUT2D eigenvalue weighted by Crippen LogP contribution is -2.24. The lowest BCUT2D eigenvalue weighted by Gasteiger charge is -2.11. The monoisotopic (exact) mass is 314 g/mol. The molecule has 1 aromatic heterocycles. The molecule has 0 fully saturated rings. The van der Waals surface area contributed by atoms with Gasteiger partial charge in [-0.15, -0.1) is 10.2 Å². The summed E-state index contributed by atoms with van der Waals surface area (Å²) in [5.74, 6) is 0.650. The lowest BCUT2D eigenvalue weighted by molar-refractivity contribution is 0.0849.